The van der Waals surface area contributed by atoms with E-state index in [0.29, 0.717) is 6.54 Å². The number of nitrogens with zero attached hydrogens (tertiary/aromatic N) is 3. The quantitative estimate of drug-likeness (QED) is 0.359. The first-order valence-corrected chi connectivity index (χ1v) is 8.04. The molecule has 0 aliphatic rings. The highest BCUT2D eigenvalue weighted by Gasteiger charge is 2.03. The third-order valence-electron chi connectivity index (χ3n) is 3.81. The van der Waals surface area contributed by atoms with Crippen molar-refractivity contribution in [2.24, 2.45) is 4.99 Å². The van der Waals surface area contributed by atoms with Gasteiger partial charge in [0.15, 0.2) is 5.96 Å². The van der Waals surface area contributed by atoms with Gasteiger partial charge >= 0.3 is 0 Å². The van der Waals surface area contributed by atoms with Gasteiger partial charge in [0.05, 0.1) is 5.52 Å². The van der Waals surface area contributed by atoms with Gasteiger partial charge in [-0.1, -0.05) is 24.3 Å². The van der Waals surface area contributed by atoms with E-state index < -0.39 is 0 Å². The van der Waals surface area contributed by atoms with Crippen molar-refractivity contribution >= 4 is 40.8 Å². The summed E-state index contributed by atoms with van der Waals surface area (Å²) < 4.78 is 0. The summed E-state index contributed by atoms with van der Waals surface area (Å²) in [4.78, 5) is 13.0. The van der Waals surface area contributed by atoms with Gasteiger partial charge in [0, 0.05) is 50.0 Å². The van der Waals surface area contributed by atoms with Crippen LogP contribution in [0.1, 0.15) is 11.3 Å². The smallest absolute Gasteiger partial charge is 0.191 e. The minimum Gasteiger partial charge on any atom is -0.356 e. The number of hydrogen-bond donors (Lipinski definition) is 2. The second-order valence-corrected chi connectivity index (χ2v) is 5.41. The molecule has 2 heterocycles. The molecular weight excluding hydrogens is 425 g/mol. The molecule has 0 fully saturated rings. The van der Waals surface area contributed by atoms with Gasteiger partial charge in [-0.25, -0.2) is 0 Å². The lowest BCUT2D eigenvalue weighted by Gasteiger charge is -2.13. The van der Waals surface area contributed by atoms with Gasteiger partial charge in [0.2, 0.25) is 0 Å². The van der Waals surface area contributed by atoms with Crippen molar-refractivity contribution in [3.8, 4) is 0 Å². The minimum absolute atomic E-state index is 0. The standard InChI is InChI=1S/C19H21N5.HI/c1-20-19(23-13-10-16-6-4-5-11-21-16)24-14-15-9-12-22-18-8-3-2-7-17(15)18;/h2-9,11-12H,10,13-14H2,1H3,(H2,20,23,24);1H. The molecule has 0 bridgehead atoms. The highest BCUT2D eigenvalue weighted by Crippen LogP contribution is 2.15. The zero-order valence-electron chi connectivity index (χ0n) is 14.1. The molecule has 1 aromatic carbocycles. The fourth-order valence-electron chi connectivity index (χ4n) is 2.56. The number of nitrogens with one attached hydrogen (secondary N) is 2. The summed E-state index contributed by atoms with van der Waals surface area (Å²) in [5.41, 5.74) is 3.28. The molecule has 6 heteroatoms. The fourth-order valence-corrected chi connectivity index (χ4v) is 2.56. The molecule has 0 radical (unpaired) electrons. The third-order valence-corrected chi connectivity index (χ3v) is 3.81. The van der Waals surface area contributed by atoms with E-state index in [1.54, 1.807) is 7.05 Å². The van der Waals surface area contributed by atoms with Crippen molar-refractivity contribution in [3.63, 3.8) is 0 Å². The first-order valence-electron chi connectivity index (χ1n) is 8.04. The predicted molar refractivity (Wildman–Crippen MR) is 113 cm³/mol. The number of rotatable bonds is 5. The zero-order chi connectivity index (χ0) is 16.6. The van der Waals surface area contributed by atoms with Gasteiger partial charge in [-0.05, 0) is 29.8 Å². The first kappa shape index (κ1) is 19.1. The lowest BCUT2D eigenvalue weighted by atomic mass is 10.1. The normalized spacial score (nSPS) is 11.0. The Hall–Kier alpha value is -2.22. The van der Waals surface area contributed by atoms with Gasteiger partial charge < -0.3 is 10.6 Å². The van der Waals surface area contributed by atoms with Crippen molar-refractivity contribution in [1.29, 1.82) is 0 Å². The van der Waals surface area contributed by atoms with Crippen LogP contribution in [0.5, 0.6) is 0 Å². The molecule has 0 unspecified atom stereocenters. The lowest BCUT2D eigenvalue weighted by Crippen LogP contribution is -2.38. The van der Waals surface area contributed by atoms with Crippen LogP contribution in [0.2, 0.25) is 0 Å². The number of benzene rings is 1. The number of pyridine rings is 2. The number of para-hydroxylation sites is 1. The Morgan fingerprint density at radius 2 is 1.80 bits per heavy atom. The highest BCUT2D eigenvalue weighted by molar-refractivity contribution is 14.0. The van der Waals surface area contributed by atoms with Crippen LogP contribution in [0.15, 0.2) is 65.9 Å². The average Bonchev–Trinajstić information content (AvgIpc) is 2.65. The number of aliphatic imine (C=N–C) groups is 1. The molecule has 2 N–H and O–H groups in total. The first-order chi connectivity index (χ1) is 11.9. The summed E-state index contributed by atoms with van der Waals surface area (Å²) in [6, 6.07) is 16.2. The number of halogens is 1. The van der Waals surface area contributed by atoms with Crippen LogP contribution in [0.25, 0.3) is 10.9 Å². The van der Waals surface area contributed by atoms with E-state index in [-0.39, 0.29) is 24.0 Å². The molecule has 3 aromatic rings. The highest BCUT2D eigenvalue weighted by atomic mass is 127. The van der Waals surface area contributed by atoms with Crippen LogP contribution in [-0.4, -0.2) is 29.5 Å². The second-order valence-electron chi connectivity index (χ2n) is 5.41. The van der Waals surface area contributed by atoms with Crippen molar-refractivity contribution < 1.29 is 0 Å². The van der Waals surface area contributed by atoms with Crippen LogP contribution in [0, 0.1) is 0 Å². The van der Waals surface area contributed by atoms with Gasteiger partial charge in [-0.3, -0.25) is 15.0 Å². The summed E-state index contributed by atoms with van der Waals surface area (Å²) in [6.07, 6.45) is 4.52. The van der Waals surface area contributed by atoms with Crippen molar-refractivity contribution in [2.45, 2.75) is 13.0 Å². The summed E-state index contributed by atoms with van der Waals surface area (Å²) in [7, 11) is 1.78. The number of guanidine groups is 1. The maximum atomic E-state index is 4.39. The molecule has 0 aliphatic heterocycles. The summed E-state index contributed by atoms with van der Waals surface area (Å²) in [5.74, 6) is 0.784. The Morgan fingerprint density at radius 3 is 2.60 bits per heavy atom. The largest absolute Gasteiger partial charge is 0.356 e. The van der Waals surface area contributed by atoms with Gasteiger partial charge in [0.1, 0.15) is 0 Å². The van der Waals surface area contributed by atoms with Crippen LogP contribution in [0.4, 0.5) is 0 Å². The van der Waals surface area contributed by atoms with Crippen LogP contribution >= 0.6 is 24.0 Å². The summed E-state index contributed by atoms with van der Waals surface area (Å²) in [5, 5.41) is 7.84. The van der Waals surface area contributed by atoms with E-state index in [1.807, 2.05) is 54.9 Å². The lowest BCUT2D eigenvalue weighted by molar-refractivity contribution is 0.786. The van der Waals surface area contributed by atoms with Crippen molar-refractivity contribution in [3.05, 3.63) is 72.2 Å². The van der Waals surface area contributed by atoms with Crippen LogP contribution in [0.3, 0.4) is 0 Å². The second kappa shape index (κ2) is 9.93. The molecule has 5 nitrogen and oxygen atoms in total. The molecule has 0 saturated heterocycles. The van der Waals surface area contributed by atoms with Gasteiger partial charge in [-0.2, -0.15) is 0 Å². The summed E-state index contributed by atoms with van der Waals surface area (Å²) >= 11 is 0. The third kappa shape index (κ3) is 5.38. The summed E-state index contributed by atoms with van der Waals surface area (Å²) in [6.45, 7) is 1.49. The molecule has 0 aliphatic carbocycles. The fraction of sp³-hybridized carbons (Fsp3) is 0.211. The van der Waals surface area contributed by atoms with E-state index in [0.717, 1.165) is 35.5 Å². The average molecular weight is 447 g/mol. The maximum Gasteiger partial charge on any atom is 0.191 e. The molecular formula is C19H22IN5. The Kier molecular flexibility index (Phi) is 7.59. The number of hydrogen-bond acceptors (Lipinski definition) is 3. The molecule has 0 spiro atoms. The van der Waals surface area contributed by atoms with Crippen molar-refractivity contribution in [1.82, 2.24) is 20.6 Å². The Labute approximate surface area is 165 Å². The number of aromatic nitrogens is 2. The van der Waals surface area contributed by atoms with E-state index in [4.69, 9.17) is 0 Å². The SMILES string of the molecule is CN=C(NCCc1ccccn1)NCc1ccnc2ccccc12.I. The molecule has 0 amide bonds. The van der Waals surface area contributed by atoms with Gasteiger partial charge in [0.25, 0.3) is 0 Å². The van der Waals surface area contributed by atoms with Crippen LogP contribution < -0.4 is 10.6 Å². The molecule has 0 atom stereocenters. The molecule has 3 rings (SSSR count). The van der Waals surface area contributed by atoms with E-state index in [9.17, 15) is 0 Å². The molecule has 25 heavy (non-hydrogen) atoms. The Bertz CT molecular complexity index is 815. The van der Waals surface area contributed by atoms with E-state index in [2.05, 4.69) is 31.7 Å². The monoisotopic (exact) mass is 447 g/mol. The zero-order valence-corrected chi connectivity index (χ0v) is 16.5. The molecule has 0 saturated carbocycles. The minimum atomic E-state index is 0. The maximum absolute atomic E-state index is 4.39. The predicted octanol–water partition coefficient (Wildman–Crippen LogP) is 3.16. The van der Waals surface area contributed by atoms with E-state index >= 15 is 0 Å². The topological polar surface area (TPSA) is 62.2 Å². The molecule has 2 aromatic heterocycles. The number of fused-ring (bicyclic) bond motifs is 1. The Balaban J connectivity index is 0.00000225. The van der Waals surface area contributed by atoms with Crippen LogP contribution in [-0.2, 0) is 13.0 Å². The van der Waals surface area contributed by atoms with Crippen molar-refractivity contribution in [2.75, 3.05) is 13.6 Å². The van der Waals surface area contributed by atoms with Gasteiger partial charge in [-0.15, -0.1) is 24.0 Å². The Morgan fingerprint density at radius 1 is 0.960 bits per heavy atom. The van der Waals surface area contributed by atoms with E-state index in [1.165, 1.54) is 5.56 Å². The molecule has 130 valence electrons.